The van der Waals surface area contributed by atoms with Crippen LogP contribution in [0.5, 0.6) is 0 Å². The van der Waals surface area contributed by atoms with E-state index in [0.717, 1.165) is 24.8 Å². The molecule has 1 fully saturated rings. The Labute approximate surface area is 180 Å². The minimum Gasteiger partial charge on any atom is -0.349 e. The summed E-state index contributed by atoms with van der Waals surface area (Å²) in [6.45, 7) is 4.11. The highest BCUT2D eigenvalue weighted by molar-refractivity contribution is 7.99. The minimum absolute atomic E-state index is 0.0195. The zero-order valence-corrected chi connectivity index (χ0v) is 18.0. The lowest BCUT2D eigenvalue weighted by molar-refractivity contribution is -0.119. The molecule has 5 nitrogen and oxygen atoms in total. The van der Waals surface area contributed by atoms with Crippen LogP contribution in [0.3, 0.4) is 0 Å². The Morgan fingerprint density at radius 1 is 1.20 bits per heavy atom. The van der Waals surface area contributed by atoms with Gasteiger partial charge in [-0.1, -0.05) is 60.6 Å². The Kier molecular flexibility index (Phi) is 6.18. The predicted molar refractivity (Wildman–Crippen MR) is 117 cm³/mol. The summed E-state index contributed by atoms with van der Waals surface area (Å²) in [6, 6.07) is 15.1. The largest absolute Gasteiger partial charge is 0.349 e. The number of nitrogens with zero attached hydrogens (tertiary/aromatic N) is 3. The Balaban J connectivity index is 1.45. The van der Waals surface area contributed by atoms with Gasteiger partial charge in [0.2, 0.25) is 5.91 Å². The van der Waals surface area contributed by atoms with Gasteiger partial charge in [-0.15, -0.1) is 10.2 Å². The van der Waals surface area contributed by atoms with E-state index in [1.165, 1.54) is 23.4 Å². The molecule has 2 aromatic carbocycles. The van der Waals surface area contributed by atoms with Gasteiger partial charge in [-0.05, 0) is 43.9 Å². The number of nitrogens with one attached hydrogen (secondary N) is 1. The van der Waals surface area contributed by atoms with Gasteiger partial charge in [0.1, 0.15) is 5.82 Å². The zero-order chi connectivity index (χ0) is 21.1. The molecule has 0 unspecified atom stereocenters. The van der Waals surface area contributed by atoms with E-state index < -0.39 is 0 Å². The summed E-state index contributed by atoms with van der Waals surface area (Å²) < 4.78 is 16.3. The Morgan fingerprint density at radius 3 is 2.60 bits per heavy atom. The van der Waals surface area contributed by atoms with Crippen LogP contribution in [-0.2, 0) is 4.79 Å². The number of amides is 1. The molecule has 1 saturated carbocycles. The molecule has 0 aliphatic heterocycles. The molecule has 0 bridgehead atoms. The van der Waals surface area contributed by atoms with Crippen molar-refractivity contribution in [3.8, 4) is 11.4 Å². The number of aromatic nitrogens is 3. The molecular weight excluding hydrogens is 399 g/mol. The van der Waals surface area contributed by atoms with Gasteiger partial charge >= 0.3 is 0 Å². The Hall–Kier alpha value is -2.67. The second-order valence-electron chi connectivity index (χ2n) is 7.61. The van der Waals surface area contributed by atoms with Crippen LogP contribution in [-0.4, -0.2) is 26.4 Å². The van der Waals surface area contributed by atoms with E-state index in [4.69, 9.17) is 0 Å². The summed E-state index contributed by atoms with van der Waals surface area (Å²) in [5.41, 5.74) is 2.74. The van der Waals surface area contributed by atoms with Crippen LogP contribution in [0.15, 0.2) is 53.7 Å². The topological polar surface area (TPSA) is 59.8 Å². The van der Waals surface area contributed by atoms with Crippen molar-refractivity contribution in [2.24, 2.45) is 0 Å². The van der Waals surface area contributed by atoms with Crippen LogP contribution in [0.4, 0.5) is 4.39 Å². The maximum atomic E-state index is 14.3. The third kappa shape index (κ3) is 4.56. The molecule has 4 rings (SSSR count). The SMILES string of the molecule is CC[C@@H](NC(=O)CSc1nnc(-c2ccccc2F)n1C1CC1)c1ccc(C)cc1. The van der Waals surface area contributed by atoms with Crippen molar-refractivity contribution in [3.63, 3.8) is 0 Å². The van der Waals surface area contributed by atoms with E-state index in [-0.39, 0.29) is 29.6 Å². The molecule has 1 amide bonds. The average molecular weight is 425 g/mol. The normalized spacial score (nSPS) is 14.5. The molecule has 1 N–H and O–H groups in total. The first-order chi connectivity index (χ1) is 14.6. The fourth-order valence-corrected chi connectivity index (χ4v) is 4.27. The standard InChI is InChI=1S/C23H25FN4OS/c1-3-20(16-10-8-15(2)9-11-16)25-21(29)14-30-23-27-26-22(28(23)17-12-13-17)18-6-4-5-7-19(18)24/h4-11,17,20H,3,12-14H2,1-2H3,(H,25,29)/t20-/m1/s1. The molecule has 156 valence electrons. The minimum atomic E-state index is -0.315. The highest BCUT2D eigenvalue weighted by Crippen LogP contribution is 2.41. The van der Waals surface area contributed by atoms with Crippen molar-refractivity contribution in [2.75, 3.05) is 5.75 Å². The van der Waals surface area contributed by atoms with Crippen LogP contribution in [0, 0.1) is 12.7 Å². The van der Waals surface area contributed by atoms with Crippen molar-refractivity contribution in [1.29, 1.82) is 0 Å². The second kappa shape index (κ2) is 9.00. The summed E-state index contributed by atoms with van der Waals surface area (Å²) in [4.78, 5) is 12.6. The van der Waals surface area contributed by atoms with Gasteiger partial charge in [0.15, 0.2) is 11.0 Å². The number of carbonyl (C=O) groups is 1. The van der Waals surface area contributed by atoms with Crippen molar-refractivity contribution in [1.82, 2.24) is 20.1 Å². The van der Waals surface area contributed by atoms with E-state index in [9.17, 15) is 9.18 Å². The summed E-state index contributed by atoms with van der Waals surface area (Å²) in [5, 5.41) is 12.3. The number of carbonyl (C=O) groups excluding carboxylic acids is 1. The third-order valence-corrected chi connectivity index (χ3v) is 6.19. The smallest absolute Gasteiger partial charge is 0.230 e. The maximum Gasteiger partial charge on any atom is 0.230 e. The van der Waals surface area contributed by atoms with E-state index in [1.54, 1.807) is 18.2 Å². The lowest BCUT2D eigenvalue weighted by atomic mass is 10.0. The molecule has 1 heterocycles. The van der Waals surface area contributed by atoms with Gasteiger partial charge in [0, 0.05) is 6.04 Å². The molecular formula is C23H25FN4OS. The average Bonchev–Trinajstić information content (AvgIpc) is 3.51. The van der Waals surface area contributed by atoms with Crippen LogP contribution in [0.1, 0.15) is 49.4 Å². The zero-order valence-electron chi connectivity index (χ0n) is 17.1. The molecule has 1 aliphatic carbocycles. The maximum absolute atomic E-state index is 14.3. The van der Waals surface area contributed by atoms with Crippen molar-refractivity contribution in [3.05, 3.63) is 65.5 Å². The van der Waals surface area contributed by atoms with Gasteiger partial charge in [0.05, 0.1) is 17.4 Å². The van der Waals surface area contributed by atoms with Crippen LogP contribution >= 0.6 is 11.8 Å². The highest BCUT2D eigenvalue weighted by atomic mass is 32.2. The molecule has 3 aromatic rings. The van der Waals surface area contributed by atoms with Crippen molar-refractivity contribution >= 4 is 17.7 Å². The monoisotopic (exact) mass is 424 g/mol. The number of hydrogen-bond donors (Lipinski definition) is 1. The van der Waals surface area contributed by atoms with Crippen LogP contribution < -0.4 is 5.32 Å². The number of rotatable bonds is 8. The van der Waals surface area contributed by atoms with Crippen LogP contribution in [0.25, 0.3) is 11.4 Å². The number of benzene rings is 2. The van der Waals surface area contributed by atoms with Gasteiger partial charge in [-0.25, -0.2) is 4.39 Å². The molecule has 7 heteroatoms. The first-order valence-electron chi connectivity index (χ1n) is 10.3. The van der Waals surface area contributed by atoms with E-state index in [1.807, 2.05) is 11.5 Å². The Bertz CT molecular complexity index is 1030. The first-order valence-corrected chi connectivity index (χ1v) is 11.2. The second-order valence-corrected chi connectivity index (χ2v) is 8.56. The third-order valence-electron chi connectivity index (χ3n) is 5.25. The molecule has 0 radical (unpaired) electrons. The van der Waals surface area contributed by atoms with Crippen molar-refractivity contribution < 1.29 is 9.18 Å². The van der Waals surface area contributed by atoms with Gasteiger partial charge in [0.25, 0.3) is 0 Å². The van der Waals surface area contributed by atoms with Crippen LogP contribution in [0.2, 0.25) is 0 Å². The number of thioether (sulfide) groups is 1. The summed E-state index contributed by atoms with van der Waals surface area (Å²) in [5.74, 6) is 0.407. The highest BCUT2D eigenvalue weighted by Gasteiger charge is 2.31. The number of aryl methyl sites for hydroxylation is 1. The van der Waals surface area contributed by atoms with Crippen molar-refractivity contribution in [2.45, 2.75) is 50.4 Å². The molecule has 0 spiro atoms. The molecule has 30 heavy (non-hydrogen) atoms. The summed E-state index contributed by atoms with van der Waals surface area (Å²) in [6.07, 6.45) is 2.85. The molecule has 1 aromatic heterocycles. The quantitative estimate of drug-likeness (QED) is 0.512. The molecule has 1 aliphatic rings. The molecule has 0 saturated heterocycles. The Morgan fingerprint density at radius 2 is 1.93 bits per heavy atom. The van der Waals surface area contributed by atoms with Gasteiger partial charge in [-0.3, -0.25) is 9.36 Å². The first kappa shape index (κ1) is 20.6. The predicted octanol–water partition coefficient (Wildman–Crippen LogP) is 5.09. The lowest BCUT2D eigenvalue weighted by Crippen LogP contribution is -2.29. The van der Waals surface area contributed by atoms with Gasteiger partial charge in [-0.2, -0.15) is 0 Å². The lowest BCUT2D eigenvalue weighted by Gasteiger charge is -2.17. The number of hydrogen-bond acceptors (Lipinski definition) is 4. The summed E-state index contributed by atoms with van der Waals surface area (Å²) >= 11 is 1.35. The fraction of sp³-hybridized carbons (Fsp3) is 0.348. The fourth-order valence-electron chi connectivity index (χ4n) is 3.45. The number of halogens is 1. The van der Waals surface area contributed by atoms with E-state index in [2.05, 4.69) is 46.7 Å². The van der Waals surface area contributed by atoms with E-state index in [0.29, 0.717) is 16.5 Å². The molecule has 1 atom stereocenters. The summed E-state index contributed by atoms with van der Waals surface area (Å²) in [7, 11) is 0. The van der Waals surface area contributed by atoms with Gasteiger partial charge < -0.3 is 5.32 Å². The van der Waals surface area contributed by atoms with E-state index >= 15 is 0 Å².